The number of fused-ring (bicyclic) bond motifs is 1. The number of carbonyl (C=O) groups excluding carboxylic acids is 1. The smallest absolute Gasteiger partial charge is 0.224 e. The van der Waals surface area contributed by atoms with Gasteiger partial charge in [0.25, 0.3) is 0 Å². The first-order chi connectivity index (χ1) is 19.2. The number of benzene rings is 4. The number of para-hydroxylation sites is 3. The predicted octanol–water partition coefficient (Wildman–Crippen LogP) is 6.77. The zero-order chi connectivity index (χ0) is 26.9. The molecule has 0 saturated carbocycles. The summed E-state index contributed by atoms with van der Waals surface area (Å²) in [6.45, 7) is 4.18. The fourth-order valence-corrected chi connectivity index (χ4v) is 4.85. The van der Waals surface area contributed by atoms with Gasteiger partial charge in [-0.2, -0.15) is 0 Å². The van der Waals surface area contributed by atoms with Crippen molar-refractivity contribution in [2.45, 2.75) is 39.2 Å². The highest BCUT2D eigenvalue weighted by atomic mass is 16.5. The monoisotopic (exact) mass is 517 g/mol. The molecule has 1 amide bonds. The van der Waals surface area contributed by atoms with Crippen molar-refractivity contribution in [2.24, 2.45) is 0 Å². The van der Waals surface area contributed by atoms with E-state index >= 15 is 0 Å². The van der Waals surface area contributed by atoms with Crippen LogP contribution >= 0.6 is 0 Å². The molecule has 5 heteroatoms. The van der Waals surface area contributed by atoms with Gasteiger partial charge in [-0.3, -0.25) is 4.79 Å². The van der Waals surface area contributed by atoms with Crippen LogP contribution in [0.2, 0.25) is 0 Å². The van der Waals surface area contributed by atoms with E-state index < -0.39 is 0 Å². The lowest BCUT2D eigenvalue weighted by Gasteiger charge is -2.11. The number of aromatic nitrogens is 2. The van der Waals surface area contributed by atoms with Gasteiger partial charge in [0, 0.05) is 19.5 Å². The van der Waals surface area contributed by atoms with Crippen LogP contribution in [0.3, 0.4) is 0 Å². The van der Waals surface area contributed by atoms with Crippen molar-refractivity contribution in [3.63, 3.8) is 0 Å². The van der Waals surface area contributed by atoms with Gasteiger partial charge in [-0.05, 0) is 60.2 Å². The second kappa shape index (κ2) is 12.9. The Hall–Kier alpha value is -4.38. The zero-order valence-electron chi connectivity index (χ0n) is 22.5. The predicted molar refractivity (Wildman–Crippen MR) is 158 cm³/mol. The minimum atomic E-state index is 0.0264. The summed E-state index contributed by atoms with van der Waals surface area (Å²) in [5.41, 5.74) is 6.63. The van der Waals surface area contributed by atoms with E-state index in [1.807, 2.05) is 60.7 Å². The van der Waals surface area contributed by atoms with E-state index in [1.54, 1.807) is 0 Å². The normalized spacial score (nSPS) is 11.0. The van der Waals surface area contributed by atoms with Crippen LogP contribution in [0, 0.1) is 6.92 Å². The Morgan fingerprint density at radius 2 is 1.54 bits per heavy atom. The summed E-state index contributed by atoms with van der Waals surface area (Å²) >= 11 is 0. The lowest BCUT2D eigenvalue weighted by Crippen LogP contribution is -2.28. The molecule has 0 fully saturated rings. The highest BCUT2D eigenvalue weighted by molar-refractivity contribution is 5.79. The third-order valence-electron chi connectivity index (χ3n) is 6.96. The van der Waals surface area contributed by atoms with Crippen LogP contribution in [0.5, 0.6) is 5.75 Å². The Balaban J connectivity index is 1.12. The van der Waals surface area contributed by atoms with Crippen LogP contribution < -0.4 is 10.1 Å². The number of nitrogens with one attached hydrogen (secondary N) is 1. The molecule has 39 heavy (non-hydrogen) atoms. The van der Waals surface area contributed by atoms with E-state index in [9.17, 15) is 4.79 Å². The van der Waals surface area contributed by atoms with Crippen LogP contribution in [0.15, 0.2) is 103 Å². The number of imidazole rings is 1. The van der Waals surface area contributed by atoms with E-state index in [4.69, 9.17) is 9.72 Å². The van der Waals surface area contributed by atoms with Gasteiger partial charge in [-0.15, -0.1) is 0 Å². The first kappa shape index (κ1) is 26.2. The zero-order valence-corrected chi connectivity index (χ0v) is 22.5. The number of hydrogen-bond donors (Lipinski definition) is 1. The molecular formula is C34H35N3O2. The van der Waals surface area contributed by atoms with Gasteiger partial charge >= 0.3 is 0 Å². The van der Waals surface area contributed by atoms with E-state index in [-0.39, 0.29) is 5.91 Å². The third-order valence-corrected chi connectivity index (χ3v) is 6.96. The van der Waals surface area contributed by atoms with E-state index in [2.05, 4.69) is 59.3 Å². The molecule has 0 bridgehead atoms. The van der Waals surface area contributed by atoms with Gasteiger partial charge in [0.05, 0.1) is 24.1 Å². The number of carbonyl (C=O) groups is 1. The lowest BCUT2D eigenvalue weighted by atomic mass is 10.0. The largest absolute Gasteiger partial charge is 0.493 e. The van der Waals surface area contributed by atoms with Gasteiger partial charge in [-0.1, -0.05) is 84.9 Å². The van der Waals surface area contributed by atoms with Crippen LogP contribution in [-0.2, 0) is 24.2 Å². The first-order valence-corrected chi connectivity index (χ1v) is 13.7. The molecule has 0 unspecified atom stereocenters. The molecule has 198 valence electrons. The molecule has 1 heterocycles. The summed E-state index contributed by atoms with van der Waals surface area (Å²) in [6, 6.07) is 34.8. The van der Waals surface area contributed by atoms with Crippen LogP contribution in [0.1, 0.15) is 29.8 Å². The molecule has 0 spiro atoms. The van der Waals surface area contributed by atoms with Crippen LogP contribution in [-0.4, -0.2) is 28.6 Å². The number of hydrogen-bond acceptors (Lipinski definition) is 3. The Morgan fingerprint density at radius 1 is 0.821 bits per heavy atom. The molecule has 5 rings (SSSR count). The number of unbranched alkanes of at least 4 members (excludes halogenated alkanes) is 1. The molecule has 5 aromatic rings. The van der Waals surface area contributed by atoms with Crippen molar-refractivity contribution in [3.8, 4) is 16.9 Å². The quantitative estimate of drug-likeness (QED) is 0.186. The number of rotatable bonds is 12. The molecule has 0 atom stereocenters. The van der Waals surface area contributed by atoms with Gasteiger partial charge in [0.2, 0.25) is 5.91 Å². The summed E-state index contributed by atoms with van der Waals surface area (Å²) in [6.07, 6.45) is 3.00. The van der Waals surface area contributed by atoms with Crippen molar-refractivity contribution in [2.75, 3.05) is 13.2 Å². The number of ether oxygens (including phenoxy) is 1. The van der Waals surface area contributed by atoms with Crippen molar-refractivity contribution < 1.29 is 9.53 Å². The molecule has 0 radical (unpaired) electrons. The van der Waals surface area contributed by atoms with Crippen LogP contribution in [0.4, 0.5) is 0 Å². The number of aryl methyl sites for hydroxylation is 2. The highest BCUT2D eigenvalue weighted by Gasteiger charge is 2.11. The lowest BCUT2D eigenvalue weighted by molar-refractivity contribution is -0.120. The van der Waals surface area contributed by atoms with Gasteiger partial charge in [-0.25, -0.2) is 4.98 Å². The fraction of sp³-hybridized carbons (Fsp3) is 0.235. The van der Waals surface area contributed by atoms with Gasteiger partial charge < -0.3 is 14.6 Å². The Kier molecular flexibility index (Phi) is 8.69. The van der Waals surface area contributed by atoms with Crippen molar-refractivity contribution in [3.05, 3.63) is 120 Å². The summed E-state index contributed by atoms with van der Waals surface area (Å²) in [5, 5.41) is 3.09. The maximum absolute atomic E-state index is 12.6. The van der Waals surface area contributed by atoms with E-state index in [1.165, 1.54) is 5.56 Å². The van der Waals surface area contributed by atoms with Gasteiger partial charge in [0.15, 0.2) is 0 Å². The first-order valence-electron chi connectivity index (χ1n) is 13.7. The molecule has 0 saturated heterocycles. The van der Waals surface area contributed by atoms with E-state index in [0.29, 0.717) is 26.0 Å². The van der Waals surface area contributed by atoms with Crippen molar-refractivity contribution >= 4 is 16.9 Å². The second-order valence-electron chi connectivity index (χ2n) is 9.83. The Morgan fingerprint density at radius 3 is 2.36 bits per heavy atom. The number of amides is 1. The summed E-state index contributed by atoms with van der Waals surface area (Å²) in [4.78, 5) is 17.5. The molecule has 1 aromatic heterocycles. The average Bonchev–Trinajstić information content (AvgIpc) is 3.32. The topological polar surface area (TPSA) is 56.1 Å². The molecular weight excluding hydrogens is 482 g/mol. The van der Waals surface area contributed by atoms with Gasteiger partial charge in [0.1, 0.15) is 11.6 Å². The maximum atomic E-state index is 12.6. The number of nitrogens with zero attached hydrogens (tertiary/aromatic N) is 2. The Labute approximate surface area is 230 Å². The van der Waals surface area contributed by atoms with Crippen molar-refractivity contribution in [1.29, 1.82) is 0 Å². The molecule has 0 aliphatic heterocycles. The molecule has 1 N–H and O–H groups in total. The molecule has 0 aliphatic carbocycles. The molecule has 4 aromatic carbocycles. The van der Waals surface area contributed by atoms with E-state index in [0.717, 1.165) is 58.7 Å². The molecule has 5 nitrogen and oxygen atoms in total. The minimum absolute atomic E-state index is 0.0264. The molecule has 0 aliphatic rings. The minimum Gasteiger partial charge on any atom is -0.493 e. The fourth-order valence-electron chi connectivity index (χ4n) is 4.85. The standard InChI is InChI=1S/C34H35N3O2/c1-26-11-5-8-16-32(26)39-24-10-9-23-37-31-15-7-6-14-30(31)36-33(37)21-22-35-34(38)25-27-17-19-29(20-18-27)28-12-3-2-4-13-28/h2-8,11-20H,9-10,21-25H2,1H3,(H,35,38). The maximum Gasteiger partial charge on any atom is 0.224 e. The Bertz CT molecular complexity index is 1510. The average molecular weight is 518 g/mol. The third kappa shape index (κ3) is 6.94. The summed E-state index contributed by atoms with van der Waals surface area (Å²) in [5.74, 6) is 1.98. The second-order valence-corrected chi connectivity index (χ2v) is 9.83. The summed E-state index contributed by atoms with van der Waals surface area (Å²) in [7, 11) is 0. The van der Waals surface area contributed by atoms with Crippen LogP contribution in [0.25, 0.3) is 22.2 Å². The summed E-state index contributed by atoms with van der Waals surface area (Å²) < 4.78 is 8.26. The highest BCUT2D eigenvalue weighted by Crippen LogP contribution is 2.20. The SMILES string of the molecule is Cc1ccccc1OCCCCn1c(CCNC(=O)Cc2ccc(-c3ccccc3)cc2)nc2ccccc21. The van der Waals surface area contributed by atoms with Crippen molar-refractivity contribution in [1.82, 2.24) is 14.9 Å².